The van der Waals surface area contributed by atoms with Crippen molar-refractivity contribution in [2.45, 2.75) is 44.6 Å². The lowest BCUT2D eigenvalue weighted by Gasteiger charge is -2.22. The maximum atomic E-state index is 11.7. The van der Waals surface area contributed by atoms with E-state index in [9.17, 15) is 9.59 Å². The molecule has 1 atom stereocenters. The topological polar surface area (TPSA) is 49.4 Å². The van der Waals surface area contributed by atoms with Crippen LogP contribution in [0.15, 0.2) is 0 Å². The molecule has 4 nitrogen and oxygen atoms in total. The van der Waals surface area contributed by atoms with Crippen LogP contribution in [0.1, 0.15) is 38.5 Å². The largest absolute Gasteiger partial charge is 0.312 e. The van der Waals surface area contributed by atoms with Gasteiger partial charge in [0.25, 0.3) is 0 Å². The van der Waals surface area contributed by atoms with Crippen molar-refractivity contribution in [3.8, 4) is 0 Å². The fourth-order valence-corrected chi connectivity index (χ4v) is 2.30. The van der Waals surface area contributed by atoms with Crippen LogP contribution in [0.25, 0.3) is 0 Å². The molecule has 1 N–H and O–H groups in total. The average Bonchev–Trinajstić information content (AvgIpc) is 2.67. The van der Waals surface area contributed by atoms with Crippen LogP contribution in [-0.2, 0) is 9.59 Å². The Bertz CT molecular complexity index is 241. The molecule has 0 aromatic rings. The molecule has 2 rings (SSSR count). The summed E-state index contributed by atoms with van der Waals surface area (Å²) in [6, 6.07) is 0.330. The van der Waals surface area contributed by atoms with E-state index in [0.29, 0.717) is 25.4 Å². The predicted molar refractivity (Wildman–Crippen MR) is 56.2 cm³/mol. The Morgan fingerprint density at radius 1 is 1.13 bits per heavy atom. The highest BCUT2D eigenvalue weighted by Gasteiger charge is 2.27. The van der Waals surface area contributed by atoms with Crippen LogP contribution in [0.5, 0.6) is 0 Å². The van der Waals surface area contributed by atoms with Gasteiger partial charge >= 0.3 is 0 Å². The minimum atomic E-state index is 0.0196. The molecule has 2 amide bonds. The van der Waals surface area contributed by atoms with Gasteiger partial charge in [-0.3, -0.25) is 14.5 Å². The van der Waals surface area contributed by atoms with Crippen molar-refractivity contribution in [2.24, 2.45) is 0 Å². The Hall–Kier alpha value is -0.900. The quantitative estimate of drug-likeness (QED) is 0.681. The van der Waals surface area contributed by atoms with Gasteiger partial charge in [-0.25, -0.2) is 0 Å². The Morgan fingerprint density at radius 3 is 2.33 bits per heavy atom. The monoisotopic (exact) mass is 210 g/mol. The third kappa shape index (κ3) is 2.56. The standard InChI is InChI=1S/C11H18N2O2/c14-10-5-1-2-6-11(15)13(10)8-9-4-3-7-12-9/h9,12H,1-8H2/t9-/m1/s1. The first-order valence-electron chi connectivity index (χ1n) is 5.84. The fourth-order valence-electron chi connectivity index (χ4n) is 2.30. The molecule has 0 bridgehead atoms. The van der Waals surface area contributed by atoms with Gasteiger partial charge in [0.05, 0.1) is 0 Å². The van der Waals surface area contributed by atoms with Gasteiger partial charge in [0.1, 0.15) is 0 Å². The van der Waals surface area contributed by atoms with Crippen LogP contribution in [0.3, 0.4) is 0 Å². The molecule has 2 aliphatic heterocycles. The molecule has 0 aliphatic carbocycles. The summed E-state index contributed by atoms with van der Waals surface area (Å²) >= 11 is 0. The summed E-state index contributed by atoms with van der Waals surface area (Å²) < 4.78 is 0. The molecule has 0 saturated carbocycles. The van der Waals surface area contributed by atoms with Crippen molar-refractivity contribution in [1.29, 1.82) is 0 Å². The van der Waals surface area contributed by atoms with Gasteiger partial charge < -0.3 is 5.32 Å². The molecule has 0 aromatic heterocycles. The molecule has 0 spiro atoms. The van der Waals surface area contributed by atoms with Crippen molar-refractivity contribution >= 4 is 11.8 Å². The molecule has 15 heavy (non-hydrogen) atoms. The van der Waals surface area contributed by atoms with E-state index in [1.807, 2.05) is 0 Å². The first-order chi connectivity index (χ1) is 7.27. The highest BCUT2D eigenvalue weighted by molar-refractivity contribution is 5.96. The number of rotatable bonds is 2. The van der Waals surface area contributed by atoms with E-state index in [4.69, 9.17) is 0 Å². The number of nitrogens with zero attached hydrogens (tertiary/aromatic N) is 1. The summed E-state index contributed by atoms with van der Waals surface area (Å²) in [7, 11) is 0. The summed E-state index contributed by atoms with van der Waals surface area (Å²) in [6.45, 7) is 1.60. The number of amides is 2. The molecular formula is C11H18N2O2. The van der Waals surface area contributed by atoms with Crippen molar-refractivity contribution in [3.63, 3.8) is 0 Å². The molecule has 2 aliphatic rings. The first kappa shape index (κ1) is 10.6. The number of carbonyl (C=O) groups is 2. The predicted octanol–water partition coefficient (Wildman–Crippen LogP) is 0.668. The number of carbonyl (C=O) groups excluding carboxylic acids is 2. The van der Waals surface area contributed by atoms with E-state index in [2.05, 4.69) is 5.32 Å². The van der Waals surface area contributed by atoms with E-state index in [-0.39, 0.29) is 11.8 Å². The summed E-state index contributed by atoms with van der Waals surface area (Å²) in [5.74, 6) is 0.0393. The van der Waals surface area contributed by atoms with Crippen LogP contribution < -0.4 is 5.32 Å². The lowest BCUT2D eigenvalue weighted by molar-refractivity contribution is -0.144. The molecule has 0 unspecified atom stereocenters. The minimum Gasteiger partial charge on any atom is -0.312 e. The molecule has 0 aromatic carbocycles. The summed E-state index contributed by atoms with van der Waals surface area (Å²) in [5.41, 5.74) is 0. The Labute approximate surface area is 90.0 Å². The zero-order valence-electron chi connectivity index (χ0n) is 9.00. The number of hydrogen-bond donors (Lipinski definition) is 1. The third-order valence-electron chi connectivity index (χ3n) is 3.20. The second-order valence-corrected chi connectivity index (χ2v) is 4.40. The Balaban J connectivity index is 1.96. The smallest absolute Gasteiger partial charge is 0.229 e. The van der Waals surface area contributed by atoms with Gasteiger partial charge in [-0.2, -0.15) is 0 Å². The maximum absolute atomic E-state index is 11.7. The molecule has 84 valence electrons. The van der Waals surface area contributed by atoms with Gasteiger partial charge in [-0.1, -0.05) is 0 Å². The molecule has 2 saturated heterocycles. The molecule has 2 heterocycles. The Morgan fingerprint density at radius 2 is 1.80 bits per heavy atom. The highest BCUT2D eigenvalue weighted by Crippen LogP contribution is 2.15. The number of likely N-dealkylation sites (tertiary alicyclic amines) is 1. The van der Waals surface area contributed by atoms with E-state index < -0.39 is 0 Å². The van der Waals surface area contributed by atoms with Crippen molar-refractivity contribution in [3.05, 3.63) is 0 Å². The van der Waals surface area contributed by atoms with Crippen LogP contribution in [0, 0.1) is 0 Å². The lowest BCUT2D eigenvalue weighted by atomic mass is 10.2. The number of imide groups is 1. The zero-order valence-corrected chi connectivity index (χ0v) is 9.00. The van der Waals surface area contributed by atoms with Crippen LogP contribution in [-0.4, -0.2) is 35.8 Å². The van der Waals surface area contributed by atoms with Gasteiger partial charge in [-0.15, -0.1) is 0 Å². The SMILES string of the molecule is O=C1CCCCC(=O)N1C[C@H]1CCCN1. The second kappa shape index (κ2) is 4.75. The van der Waals surface area contributed by atoms with E-state index >= 15 is 0 Å². The van der Waals surface area contributed by atoms with Crippen LogP contribution in [0.2, 0.25) is 0 Å². The van der Waals surface area contributed by atoms with E-state index in [1.54, 1.807) is 0 Å². The lowest BCUT2D eigenvalue weighted by Crippen LogP contribution is -2.43. The van der Waals surface area contributed by atoms with Crippen molar-refractivity contribution in [2.75, 3.05) is 13.1 Å². The minimum absolute atomic E-state index is 0.0196. The normalized spacial score (nSPS) is 28.3. The Kier molecular flexibility index (Phi) is 3.36. The van der Waals surface area contributed by atoms with E-state index in [1.165, 1.54) is 4.90 Å². The zero-order chi connectivity index (χ0) is 10.7. The van der Waals surface area contributed by atoms with E-state index in [0.717, 1.165) is 32.2 Å². The average molecular weight is 210 g/mol. The van der Waals surface area contributed by atoms with Gasteiger partial charge in [0.2, 0.25) is 11.8 Å². The molecule has 2 fully saturated rings. The molecule has 0 radical (unpaired) electrons. The summed E-state index contributed by atoms with van der Waals surface area (Å²) in [5, 5.41) is 3.32. The molecular weight excluding hydrogens is 192 g/mol. The van der Waals surface area contributed by atoms with Crippen molar-refractivity contribution < 1.29 is 9.59 Å². The van der Waals surface area contributed by atoms with Gasteiger partial charge in [0, 0.05) is 25.4 Å². The van der Waals surface area contributed by atoms with Crippen molar-refractivity contribution in [1.82, 2.24) is 10.2 Å². The maximum Gasteiger partial charge on any atom is 0.229 e. The fraction of sp³-hybridized carbons (Fsp3) is 0.818. The molecule has 4 heteroatoms. The van der Waals surface area contributed by atoms with Crippen LogP contribution >= 0.6 is 0 Å². The number of nitrogens with one attached hydrogen (secondary N) is 1. The van der Waals surface area contributed by atoms with Gasteiger partial charge in [0.15, 0.2) is 0 Å². The summed E-state index contributed by atoms with van der Waals surface area (Å²) in [6.07, 6.45) is 5.03. The van der Waals surface area contributed by atoms with Gasteiger partial charge in [-0.05, 0) is 32.2 Å². The first-order valence-corrected chi connectivity index (χ1v) is 5.84. The number of hydrogen-bond acceptors (Lipinski definition) is 3. The third-order valence-corrected chi connectivity index (χ3v) is 3.20. The highest BCUT2D eigenvalue weighted by atomic mass is 16.2. The van der Waals surface area contributed by atoms with Crippen LogP contribution in [0.4, 0.5) is 0 Å². The summed E-state index contributed by atoms with van der Waals surface area (Å²) in [4.78, 5) is 24.8. The second-order valence-electron chi connectivity index (χ2n) is 4.40.